The molecule has 0 spiro atoms. The van der Waals surface area contributed by atoms with Crippen LogP contribution in [0.5, 0.6) is 0 Å². The summed E-state index contributed by atoms with van der Waals surface area (Å²) in [5.74, 6) is 0. The van der Waals surface area contributed by atoms with Crippen LogP contribution in [0.1, 0.15) is 31.6 Å². The molecule has 4 heteroatoms. The van der Waals surface area contributed by atoms with Crippen molar-refractivity contribution in [2.24, 2.45) is 0 Å². The first-order valence-corrected chi connectivity index (χ1v) is 7.64. The zero-order chi connectivity index (χ0) is 14.5. The number of ether oxygens (including phenoxy) is 4. The number of fused-ring (bicyclic) bond motifs is 1. The Morgan fingerprint density at radius 2 is 2.10 bits per heavy atom. The highest BCUT2D eigenvalue weighted by atomic mass is 16.7. The van der Waals surface area contributed by atoms with Gasteiger partial charge in [0.15, 0.2) is 12.4 Å². The molecule has 1 aromatic carbocycles. The molecule has 3 rings (SSSR count). The molecule has 0 N–H and O–H groups in total. The van der Waals surface area contributed by atoms with E-state index in [1.54, 1.807) is 6.26 Å². The van der Waals surface area contributed by atoms with Gasteiger partial charge in [0.25, 0.3) is 0 Å². The van der Waals surface area contributed by atoms with E-state index in [-0.39, 0.29) is 24.6 Å². The largest absolute Gasteiger partial charge is 0.493 e. The van der Waals surface area contributed by atoms with Crippen LogP contribution in [-0.4, -0.2) is 31.5 Å². The maximum absolute atomic E-state index is 6.10. The summed E-state index contributed by atoms with van der Waals surface area (Å²) in [7, 11) is 0. The van der Waals surface area contributed by atoms with Crippen LogP contribution in [0.25, 0.3) is 0 Å². The summed E-state index contributed by atoms with van der Waals surface area (Å²) in [5, 5.41) is 0. The van der Waals surface area contributed by atoms with Gasteiger partial charge in [-0.2, -0.15) is 0 Å². The molecular formula is C17H22O4. The molecule has 114 valence electrons. The van der Waals surface area contributed by atoms with Gasteiger partial charge >= 0.3 is 0 Å². The average Bonchev–Trinajstić information content (AvgIpc) is 2.56. The zero-order valence-corrected chi connectivity index (χ0v) is 12.3. The molecule has 1 fully saturated rings. The zero-order valence-electron chi connectivity index (χ0n) is 12.3. The quantitative estimate of drug-likeness (QED) is 0.780. The summed E-state index contributed by atoms with van der Waals surface area (Å²) in [5.41, 5.74) is 1.03. The fourth-order valence-electron chi connectivity index (χ4n) is 2.58. The molecule has 2 heterocycles. The molecule has 4 atom stereocenters. The number of hydrogen-bond acceptors (Lipinski definition) is 4. The van der Waals surface area contributed by atoms with Crippen molar-refractivity contribution in [1.29, 1.82) is 0 Å². The minimum atomic E-state index is -0.347. The van der Waals surface area contributed by atoms with E-state index in [1.165, 1.54) is 0 Å². The molecule has 0 bridgehead atoms. The second-order valence-corrected chi connectivity index (χ2v) is 5.37. The van der Waals surface area contributed by atoms with Gasteiger partial charge in [-0.3, -0.25) is 0 Å². The summed E-state index contributed by atoms with van der Waals surface area (Å²) in [6.45, 7) is 3.42. The Kier molecular flexibility index (Phi) is 4.91. The van der Waals surface area contributed by atoms with Crippen LogP contribution < -0.4 is 0 Å². The molecule has 0 radical (unpaired) electrons. The Labute approximate surface area is 125 Å². The third kappa shape index (κ3) is 3.46. The normalized spacial score (nSPS) is 31.5. The highest BCUT2D eigenvalue weighted by Crippen LogP contribution is 2.32. The van der Waals surface area contributed by atoms with Gasteiger partial charge in [0.1, 0.15) is 12.2 Å². The van der Waals surface area contributed by atoms with E-state index < -0.39 is 0 Å². The molecule has 2 aliphatic heterocycles. The number of benzene rings is 1. The Balaban J connectivity index is 1.66. The van der Waals surface area contributed by atoms with Crippen LogP contribution in [0.3, 0.4) is 0 Å². The SMILES string of the molecule is CCCCO[C@@H]1C=COC2COC(c3ccccc3)O[C@H]21. The van der Waals surface area contributed by atoms with Gasteiger partial charge in [-0.1, -0.05) is 43.7 Å². The highest BCUT2D eigenvalue weighted by molar-refractivity contribution is 5.17. The molecule has 2 aliphatic rings. The molecule has 1 aromatic rings. The highest BCUT2D eigenvalue weighted by Gasteiger charge is 2.40. The van der Waals surface area contributed by atoms with Gasteiger partial charge < -0.3 is 18.9 Å². The van der Waals surface area contributed by atoms with E-state index in [1.807, 2.05) is 36.4 Å². The Hall–Kier alpha value is -1.36. The standard InChI is InChI=1S/C17H22O4/c1-2-3-10-18-14-9-11-19-15-12-20-17(21-16(14)15)13-7-5-4-6-8-13/h4-9,11,14-17H,2-3,10,12H2,1H3/t14-,15?,16+,17?/m1/s1. The van der Waals surface area contributed by atoms with Crippen LogP contribution in [0.4, 0.5) is 0 Å². The van der Waals surface area contributed by atoms with Crippen LogP contribution in [0.2, 0.25) is 0 Å². The van der Waals surface area contributed by atoms with Crippen molar-refractivity contribution in [3.05, 3.63) is 48.2 Å². The van der Waals surface area contributed by atoms with Crippen molar-refractivity contribution in [2.75, 3.05) is 13.2 Å². The lowest BCUT2D eigenvalue weighted by Gasteiger charge is -2.40. The third-order valence-corrected chi connectivity index (χ3v) is 3.78. The summed E-state index contributed by atoms with van der Waals surface area (Å²) < 4.78 is 23.4. The second-order valence-electron chi connectivity index (χ2n) is 5.37. The van der Waals surface area contributed by atoms with Crippen molar-refractivity contribution < 1.29 is 18.9 Å². The summed E-state index contributed by atoms with van der Waals surface area (Å²) >= 11 is 0. The molecule has 0 saturated carbocycles. The fourth-order valence-corrected chi connectivity index (χ4v) is 2.58. The van der Waals surface area contributed by atoms with Crippen molar-refractivity contribution in [3.8, 4) is 0 Å². The molecular weight excluding hydrogens is 268 g/mol. The Morgan fingerprint density at radius 1 is 1.24 bits per heavy atom. The lowest BCUT2D eigenvalue weighted by atomic mass is 10.0. The first-order chi connectivity index (χ1) is 10.4. The van der Waals surface area contributed by atoms with Crippen LogP contribution in [0.15, 0.2) is 42.7 Å². The van der Waals surface area contributed by atoms with Crippen LogP contribution in [0, 0.1) is 0 Å². The topological polar surface area (TPSA) is 36.9 Å². The lowest BCUT2D eigenvalue weighted by Crippen LogP contribution is -2.50. The predicted molar refractivity (Wildman–Crippen MR) is 78.7 cm³/mol. The van der Waals surface area contributed by atoms with Gasteiger partial charge in [-0.05, 0) is 12.5 Å². The van der Waals surface area contributed by atoms with Crippen LogP contribution >= 0.6 is 0 Å². The van der Waals surface area contributed by atoms with Crippen molar-refractivity contribution in [3.63, 3.8) is 0 Å². The average molecular weight is 290 g/mol. The van der Waals surface area contributed by atoms with Gasteiger partial charge in [0, 0.05) is 12.2 Å². The Bertz CT molecular complexity index is 459. The summed E-state index contributed by atoms with van der Waals surface area (Å²) in [6, 6.07) is 9.98. The van der Waals surface area contributed by atoms with Gasteiger partial charge in [0.2, 0.25) is 0 Å². The van der Waals surface area contributed by atoms with Crippen molar-refractivity contribution >= 4 is 0 Å². The lowest BCUT2D eigenvalue weighted by molar-refractivity contribution is -0.280. The summed E-state index contributed by atoms with van der Waals surface area (Å²) in [4.78, 5) is 0. The van der Waals surface area contributed by atoms with Gasteiger partial charge in [-0.15, -0.1) is 0 Å². The molecule has 21 heavy (non-hydrogen) atoms. The van der Waals surface area contributed by atoms with Gasteiger partial charge in [-0.25, -0.2) is 0 Å². The Morgan fingerprint density at radius 3 is 2.90 bits per heavy atom. The molecule has 4 nitrogen and oxygen atoms in total. The minimum Gasteiger partial charge on any atom is -0.493 e. The number of unbranched alkanes of at least 4 members (excludes halogenated alkanes) is 1. The number of rotatable bonds is 5. The van der Waals surface area contributed by atoms with Gasteiger partial charge in [0.05, 0.1) is 12.9 Å². The molecule has 1 saturated heterocycles. The van der Waals surface area contributed by atoms with Crippen molar-refractivity contribution in [2.45, 2.75) is 44.4 Å². The monoisotopic (exact) mass is 290 g/mol. The molecule has 2 unspecified atom stereocenters. The number of hydrogen-bond donors (Lipinski definition) is 0. The molecule has 0 aromatic heterocycles. The van der Waals surface area contributed by atoms with Crippen LogP contribution in [-0.2, 0) is 18.9 Å². The van der Waals surface area contributed by atoms with E-state index >= 15 is 0 Å². The third-order valence-electron chi connectivity index (χ3n) is 3.78. The fraction of sp³-hybridized carbons (Fsp3) is 0.529. The van der Waals surface area contributed by atoms with E-state index in [4.69, 9.17) is 18.9 Å². The smallest absolute Gasteiger partial charge is 0.184 e. The predicted octanol–water partition coefficient (Wildman–Crippen LogP) is 3.20. The van der Waals surface area contributed by atoms with E-state index in [0.717, 1.165) is 25.0 Å². The molecule has 0 aliphatic carbocycles. The first-order valence-electron chi connectivity index (χ1n) is 7.64. The van der Waals surface area contributed by atoms with E-state index in [2.05, 4.69) is 6.92 Å². The maximum atomic E-state index is 6.10. The summed E-state index contributed by atoms with van der Waals surface area (Å²) in [6.07, 6.45) is 5.19. The molecule has 0 amide bonds. The van der Waals surface area contributed by atoms with E-state index in [9.17, 15) is 0 Å². The minimum absolute atomic E-state index is 0.0644. The second kappa shape index (κ2) is 7.07. The maximum Gasteiger partial charge on any atom is 0.184 e. The van der Waals surface area contributed by atoms with Crippen molar-refractivity contribution in [1.82, 2.24) is 0 Å². The van der Waals surface area contributed by atoms with E-state index in [0.29, 0.717) is 6.61 Å². The first kappa shape index (κ1) is 14.6.